The summed E-state index contributed by atoms with van der Waals surface area (Å²) in [4.78, 5) is 21.3. The highest BCUT2D eigenvalue weighted by molar-refractivity contribution is 7.73. The van der Waals surface area contributed by atoms with Gasteiger partial charge in [-0.3, -0.25) is 4.79 Å². The Balaban J connectivity index is 1.68. The van der Waals surface area contributed by atoms with Crippen molar-refractivity contribution >= 4 is 69.2 Å². The summed E-state index contributed by atoms with van der Waals surface area (Å²) in [5, 5.41) is 11.6. The summed E-state index contributed by atoms with van der Waals surface area (Å²) in [5.41, 5.74) is 1.59. The molecular formula is C21H18ClFN6O2S2. The molecule has 1 amide bonds. The maximum atomic E-state index is 13.5. The zero-order valence-corrected chi connectivity index (χ0v) is 19.9. The maximum Gasteiger partial charge on any atom is 0.246 e. The second kappa shape index (κ2) is 9.77. The molecule has 2 heterocycles. The summed E-state index contributed by atoms with van der Waals surface area (Å²) >= 11 is 12.5. The quantitative estimate of drug-likeness (QED) is 0.321. The van der Waals surface area contributed by atoms with Crippen LogP contribution in [0.1, 0.15) is 11.9 Å². The van der Waals surface area contributed by atoms with Crippen LogP contribution in [0.5, 0.6) is 5.75 Å². The van der Waals surface area contributed by atoms with E-state index in [4.69, 9.17) is 28.6 Å². The summed E-state index contributed by atoms with van der Waals surface area (Å²) < 4.78 is 21.2. The number of fused-ring (bicyclic) bond motifs is 1. The Morgan fingerprint density at radius 2 is 2.12 bits per heavy atom. The first kappa shape index (κ1) is 23.0. The van der Waals surface area contributed by atoms with Crippen LogP contribution < -0.4 is 15.4 Å². The molecule has 2 aromatic heterocycles. The topological polar surface area (TPSA) is 94.0 Å². The Hall–Kier alpha value is -3.15. The molecule has 4 aromatic rings. The fraction of sp³-hybridized carbons (Fsp3) is 0.190. The molecule has 33 heavy (non-hydrogen) atoms. The van der Waals surface area contributed by atoms with E-state index in [1.165, 1.54) is 34.5 Å². The summed E-state index contributed by atoms with van der Waals surface area (Å²) in [6, 6.07) is 7.71. The minimum Gasteiger partial charge on any atom is -0.492 e. The van der Waals surface area contributed by atoms with Crippen LogP contribution in [-0.2, 0) is 11.3 Å². The average Bonchev–Trinajstić information content (AvgIpc) is 3.08. The Morgan fingerprint density at radius 1 is 1.30 bits per heavy atom. The number of benzene rings is 2. The molecule has 0 unspecified atom stereocenters. The number of hydrogen-bond donors (Lipinski definition) is 2. The number of aryl methyl sites for hydroxylation is 1. The molecule has 0 bridgehead atoms. The van der Waals surface area contributed by atoms with Crippen molar-refractivity contribution in [3.63, 3.8) is 0 Å². The van der Waals surface area contributed by atoms with Crippen molar-refractivity contribution in [1.82, 2.24) is 19.7 Å². The lowest BCUT2D eigenvalue weighted by atomic mass is 10.1. The number of nitrogens with one attached hydrogen (secondary N) is 2. The predicted octanol–water partition coefficient (Wildman–Crippen LogP) is 5.50. The zero-order chi connectivity index (χ0) is 23.5. The van der Waals surface area contributed by atoms with Gasteiger partial charge in [0.05, 0.1) is 22.8 Å². The van der Waals surface area contributed by atoms with Gasteiger partial charge >= 0.3 is 0 Å². The number of anilines is 3. The number of aromatic nitrogens is 4. The van der Waals surface area contributed by atoms with E-state index in [0.717, 1.165) is 5.01 Å². The molecule has 8 nitrogen and oxygen atoms in total. The SMILES string of the molecule is CCOc1cc2ncnc(Nc3ccc(F)c(Cl)c3)c2cc1NC(=O)Cn1nc(C)sc1=S. The molecule has 0 saturated carbocycles. The molecule has 4 rings (SSSR count). The molecule has 0 radical (unpaired) electrons. The van der Waals surface area contributed by atoms with Crippen molar-refractivity contribution in [3.8, 4) is 5.75 Å². The Bertz CT molecular complexity index is 1410. The predicted molar refractivity (Wildman–Crippen MR) is 130 cm³/mol. The number of carbonyl (C=O) groups is 1. The van der Waals surface area contributed by atoms with Gasteiger partial charge in [0.15, 0.2) is 3.95 Å². The minimum atomic E-state index is -0.517. The third kappa shape index (κ3) is 5.27. The van der Waals surface area contributed by atoms with Crippen LogP contribution in [0.3, 0.4) is 0 Å². The van der Waals surface area contributed by atoms with E-state index in [-0.39, 0.29) is 17.5 Å². The van der Waals surface area contributed by atoms with Crippen molar-refractivity contribution in [2.45, 2.75) is 20.4 Å². The monoisotopic (exact) mass is 504 g/mol. The van der Waals surface area contributed by atoms with Gasteiger partial charge in [-0.2, -0.15) is 5.10 Å². The molecule has 2 N–H and O–H groups in total. The molecule has 0 aliphatic rings. The van der Waals surface area contributed by atoms with Gasteiger partial charge in [0.25, 0.3) is 0 Å². The van der Waals surface area contributed by atoms with Gasteiger partial charge in [-0.1, -0.05) is 22.9 Å². The minimum absolute atomic E-state index is 0.0131. The summed E-state index contributed by atoms with van der Waals surface area (Å²) in [6.07, 6.45) is 1.40. The Kier molecular flexibility index (Phi) is 6.82. The van der Waals surface area contributed by atoms with Crippen LogP contribution in [-0.4, -0.2) is 32.3 Å². The van der Waals surface area contributed by atoms with Gasteiger partial charge in [-0.15, -0.1) is 0 Å². The number of ether oxygens (including phenoxy) is 1. The number of hydrogen-bond acceptors (Lipinski definition) is 8. The van der Waals surface area contributed by atoms with Crippen LogP contribution >= 0.6 is 35.2 Å². The standard InChI is InChI=1S/C21H18ClFN6O2S2/c1-3-31-18-8-16-13(7-17(18)27-19(30)9-29-21(32)33-11(2)28-29)20(25-10-24-16)26-12-4-5-15(23)14(22)6-12/h4-8,10H,3,9H2,1-2H3,(H,27,30)(H,24,25,26). The van der Waals surface area contributed by atoms with Gasteiger partial charge in [0.2, 0.25) is 5.91 Å². The number of nitrogens with zero attached hydrogens (tertiary/aromatic N) is 4. The molecule has 12 heteroatoms. The van der Waals surface area contributed by atoms with E-state index in [9.17, 15) is 9.18 Å². The third-order valence-electron chi connectivity index (χ3n) is 4.49. The summed E-state index contributed by atoms with van der Waals surface area (Å²) in [7, 11) is 0. The lowest BCUT2D eigenvalue weighted by Gasteiger charge is -2.15. The van der Waals surface area contributed by atoms with E-state index in [0.29, 0.717) is 44.4 Å². The second-order valence-electron chi connectivity index (χ2n) is 6.87. The van der Waals surface area contributed by atoms with Gasteiger partial charge < -0.3 is 15.4 Å². The van der Waals surface area contributed by atoms with Crippen molar-refractivity contribution in [2.24, 2.45) is 0 Å². The van der Waals surface area contributed by atoms with Gasteiger partial charge in [0.1, 0.15) is 35.3 Å². The fourth-order valence-corrected chi connectivity index (χ4v) is 4.35. The smallest absolute Gasteiger partial charge is 0.246 e. The molecule has 0 aliphatic carbocycles. The first-order chi connectivity index (χ1) is 15.8. The van der Waals surface area contributed by atoms with Crippen molar-refractivity contribution < 1.29 is 13.9 Å². The Labute approximate surface area is 202 Å². The molecule has 170 valence electrons. The lowest BCUT2D eigenvalue weighted by molar-refractivity contribution is -0.116. The van der Waals surface area contributed by atoms with Crippen molar-refractivity contribution in [3.05, 3.63) is 56.5 Å². The highest BCUT2D eigenvalue weighted by Crippen LogP contribution is 2.34. The molecule has 0 saturated heterocycles. The normalized spacial score (nSPS) is 10.9. The Morgan fingerprint density at radius 3 is 2.82 bits per heavy atom. The molecule has 0 spiro atoms. The largest absolute Gasteiger partial charge is 0.492 e. The van der Waals surface area contributed by atoms with E-state index in [2.05, 4.69) is 25.7 Å². The molecule has 0 fully saturated rings. The van der Waals surface area contributed by atoms with E-state index >= 15 is 0 Å². The van der Waals surface area contributed by atoms with Crippen molar-refractivity contribution in [1.29, 1.82) is 0 Å². The van der Waals surface area contributed by atoms with Crippen LogP contribution in [0.2, 0.25) is 5.02 Å². The number of carbonyl (C=O) groups excluding carboxylic acids is 1. The first-order valence-electron chi connectivity index (χ1n) is 9.82. The number of amides is 1. The molecular weight excluding hydrogens is 487 g/mol. The lowest BCUT2D eigenvalue weighted by Crippen LogP contribution is -2.20. The van der Waals surface area contributed by atoms with Gasteiger partial charge in [0, 0.05) is 17.1 Å². The maximum absolute atomic E-state index is 13.5. The van der Waals surface area contributed by atoms with Crippen molar-refractivity contribution in [2.75, 3.05) is 17.2 Å². The van der Waals surface area contributed by atoms with E-state index < -0.39 is 5.82 Å². The van der Waals surface area contributed by atoms with Gasteiger partial charge in [-0.05, 0) is 50.3 Å². The fourth-order valence-electron chi connectivity index (χ4n) is 3.10. The zero-order valence-electron chi connectivity index (χ0n) is 17.6. The third-order valence-corrected chi connectivity index (χ3v) is 6.01. The summed E-state index contributed by atoms with van der Waals surface area (Å²) in [5.74, 6) is 0.0920. The first-order valence-corrected chi connectivity index (χ1v) is 11.4. The molecule has 0 atom stereocenters. The highest BCUT2D eigenvalue weighted by atomic mass is 35.5. The van der Waals surface area contributed by atoms with E-state index in [1.54, 1.807) is 18.2 Å². The number of halogens is 2. The highest BCUT2D eigenvalue weighted by Gasteiger charge is 2.15. The van der Waals surface area contributed by atoms with Crippen LogP contribution in [0.4, 0.5) is 21.6 Å². The van der Waals surface area contributed by atoms with E-state index in [1.807, 2.05) is 13.8 Å². The average molecular weight is 505 g/mol. The van der Waals surface area contributed by atoms with Gasteiger partial charge in [-0.25, -0.2) is 19.0 Å². The van der Waals surface area contributed by atoms with Crippen LogP contribution in [0.15, 0.2) is 36.7 Å². The summed E-state index contributed by atoms with van der Waals surface area (Å²) in [6.45, 7) is 4.04. The molecule has 2 aromatic carbocycles. The molecule has 0 aliphatic heterocycles. The van der Waals surface area contributed by atoms with Crippen LogP contribution in [0, 0.1) is 16.7 Å². The second-order valence-corrected chi connectivity index (χ2v) is 9.10. The van der Waals surface area contributed by atoms with Crippen LogP contribution in [0.25, 0.3) is 10.9 Å². The number of rotatable bonds is 7.